The maximum absolute atomic E-state index is 5.43. The van der Waals surface area contributed by atoms with Crippen molar-refractivity contribution in [2.24, 2.45) is 7.05 Å². The number of fused-ring (bicyclic) bond motifs is 1. The molecule has 7 heteroatoms. The second-order valence-corrected chi connectivity index (χ2v) is 7.76. The predicted molar refractivity (Wildman–Crippen MR) is 104 cm³/mol. The number of hydrogen-bond acceptors (Lipinski definition) is 6. The highest BCUT2D eigenvalue weighted by molar-refractivity contribution is 5.59. The van der Waals surface area contributed by atoms with Gasteiger partial charge in [-0.15, -0.1) is 0 Å². The summed E-state index contributed by atoms with van der Waals surface area (Å²) in [6.45, 7) is 10.2. The summed E-state index contributed by atoms with van der Waals surface area (Å²) in [7, 11) is 2.12. The lowest BCUT2D eigenvalue weighted by atomic mass is 10.1. The third-order valence-electron chi connectivity index (χ3n) is 5.08. The van der Waals surface area contributed by atoms with Crippen LogP contribution in [-0.2, 0) is 20.0 Å². The Hall–Kier alpha value is -2.70. The third-order valence-corrected chi connectivity index (χ3v) is 5.08. The molecule has 0 aromatic carbocycles. The van der Waals surface area contributed by atoms with Crippen LogP contribution < -0.4 is 4.90 Å². The van der Waals surface area contributed by atoms with Gasteiger partial charge in [0.2, 0.25) is 0 Å². The van der Waals surface area contributed by atoms with Crippen LogP contribution in [0.4, 0.5) is 5.82 Å². The fraction of sp³-hybridized carbons (Fsp3) is 0.500. The van der Waals surface area contributed by atoms with Crippen molar-refractivity contribution in [1.29, 1.82) is 0 Å². The Kier molecular flexibility index (Phi) is 4.45. The zero-order valence-corrected chi connectivity index (χ0v) is 16.6. The zero-order valence-electron chi connectivity index (χ0n) is 16.6. The van der Waals surface area contributed by atoms with E-state index in [1.807, 2.05) is 12.1 Å². The second-order valence-electron chi connectivity index (χ2n) is 7.76. The topological polar surface area (TPSA) is 72.9 Å². The minimum atomic E-state index is 0.239. The Morgan fingerprint density at radius 3 is 2.63 bits per heavy atom. The molecule has 7 nitrogen and oxygen atoms in total. The molecule has 142 valence electrons. The molecule has 0 radical (unpaired) electrons. The first kappa shape index (κ1) is 17.7. The summed E-state index contributed by atoms with van der Waals surface area (Å²) in [5.41, 5.74) is 3.39. The minimum absolute atomic E-state index is 0.239. The zero-order chi connectivity index (χ0) is 19.1. The first-order chi connectivity index (χ1) is 12.9. The van der Waals surface area contributed by atoms with Crippen LogP contribution >= 0.6 is 0 Å². The average molecular weight is 366 g/mol. The van der Waals surface area contributed by atoms with Gasteiger partial charge < -0.3 is 14.0 Å². The first-order valence-corrected chi connectivity index (χ1v) is 9.53. The molecule has 3 aromatic heterocycles. The lowest BCUT2D eigenvalue weighted by Crippen LogP contribution is -2.31. The molecule has 0 atom stereocenters. The van der Waals surface area contributed by atoms with E-state index in [-0.39, 0.29) is 5.92 Å². The molecule has 0 fully saturated rings. The summed E-state index contributed by atoms with van der Waals surface area (Å²) in [4.78, 5) is 16.2. The first-order valence-electron chi connectivity index (χ1n) is 9.53. The van der Waals surface area contributed by atoms with Gasteiger partial charge in [-0.1, -0.05) is 32.9 Å². The summed E-state index contributed by atoms with van der Waals surface area (Å²) in [6.07, 6.45) is 2.77. The van der Waals surface area contributed by atoms with Crippen LogP contribution in [0.2, 0.25) is 0 Å². The van der Waals surface area contributed by atoms with Gasteiger partial charge in [0.25, 0.3) is 5.89 Å². The molecule has 0 bridgehead atoms. The second kappa shape index (κ2) is 6.79. The molecule has 0 amide bonds. The lowest BCUT2D eigenvalue weighted by Gasteiger charge is -2.27. The van der Waals surface area contributed by atoms with Gasteiger partial charge in [-0.05, 0) is 12.1 Å². The Balaban J connectivity index is 1.60. The van der Waals surface area contributed by atoms with E-state index in [2.05, 4.69) is 59.3 Å². The molecule has 0 saturated heterocycles. The molecule has 0 aliphatic carbocycles. The van der Waals surface area contributed by atoms with E-state index >= 15 is 0 Å². The van der Waals surface area contributed by atoms with Crippen molar-refractivity contribution in [3.63, 3.8) is 0 Å². The van der Waals surface area contributed by atoms with Gasteiger partial charge in [-0.2, -0.15) is 4.98 Å². The monoisotopic (exact) mass is 366 g/mol. The van der Waals surface area contributed by atoms with Crippen LogP contribution in [0.25, 0.3) is 11.5 Å². The molecular formula is C20H26N6O. The van der Waals surface area contributed by atoms with Crippen LogP contribution in [0.15, 0.2) is 22.9 Å². The number of anilines is 1. The van der Waals surface area contributed by atoms with E-state index in [4.69, 9.17) is 9.51 Å². The van der Waals surface area contributed by atoms with Crippen molar-refractivity contribution >= 4 is 5.82 Å². The molecule has 0 spiro atoms. The SMILES string of the molecule is CC(C)c1noc(-c2ccnc(N3CCc4c(nc(C(C)C)n4C)C3)c2)n1. The number of rotatable bonds is 4. The largest absolute Gasteiger partial charge is 0.350 e. The summed E-state index contributed by atoms with van der Waals surface area (Å²) < 4.78 is 7.69. The fourth-order valence-corrected chi connectivity index (χ4v) is 3.57. The molecule has 1 aliphatic heterocycles. The number of imidazole rings is 1. The van der Waals surface area contributed by atoms with Crippen molar-refractivity contribution in [3.8, 4) is 11.5 Å². The van der Waals surface area contributed by atoms with E-state index < -0.39 is 0 Å². The maximum atomic E-state index is 5.43. The highest BCUT2D eigenvalue weighted by Crippen LogP contribution is 2.28. The van der Waals surface area contributed by atoms with E-state index in [0.717, 1.165) is 48.2 Å². The van der Waals surface area contributed by atoms with E-state index in [1.54, 1.807) is 6.20 Å². The van der Waals surface area contributed by atoms with Crippen LogP contribution in [0.1, 0.15) is 62.6 Å². The lowest BCUT2D eigenvalue weighted by molar-refractivity contribution is 0.419. The number of aromatic nitrogens is 5. The van der Waals surface area contributed by atoms with Crippen molar-refractivity contribution in [2.75, 3.05) is 11.4 Å². The number of pyridine rings is 1. The summed E-state index contributed by atoms with van der Waals surface area (Å²) in [5, 5.41) is 4.06. The van der Waals surface area contributed by atoms with Crippen LogP contribution in [-0.4, -0.2) is 31.2 Å². The molecular weight excluding hydrogens is 340 g/mol. The Bertz CT molecular complexity index is 955. The fourth-order valence-electron chi connectivity index (χ4n) is 3.57. The summed E-state index contributed by atoms with van der Waals surface area (Å²) >= 11 is 0. The van der Waals surface area contributed by atoms with Crippen molar-refractivity contribution in [3.05, 3.63) is 41.4 Å². The molecule has 0 unspecified atom stereocenters. The van der Waals surface area contributed by atoms with Gasteiger partial charge in [0.15, 0.2) is 5.82 Å². The molecule has 0 saturated carbocycles. The minimum Gasteiger partial charge on any atom is -0.350 e. The quantitative estimate of drug-likeness (QED) is 0.701. The van der Waals surface area contributed by atoms with Crippen LogP contribution in [0.3, 0.4) is 0 Å². The maximum Gasteiger partial charge on any atom is 0.258 e. The third kappa shape index (κ3) is 3.22. The standard InChI is InChI=1S/C20H26N6O/c1-12(2)18-23-20(27-24-18)14-6-8-21-17(10-14)26-9-7-16-15(11-26)22-19(13(3)4)25(16)5/h6,8,10,12-13H,7,9,11H2,1-5H3. The molecule has 4 heterocycles. The highest BCUT2D eigenvalue weighted by atomic mass is 16.5. The van der Waals surface area contributed by atoms with Crippen LogP contribution in [0.5, 0.6) is 0 Å². The van der Waals surface area contributed by atoms with E-state index in [9.17, 15) is 0 Å². The average Bonchev–Trinajstić information content (AvgIpc) is 3.27. The normalized spacial score (nSPS) is 14.3. The van der Waals surface area contributed by atoms with Crippen molar-refractivity contribution in [2.45, 2.75) is 52.5 Å². The van der Waals surface area contributed by atoms with Gasteiger partial charge in [-0.25, -0.2) is 9.97 Å². The summed E-state index contributed by atoms with van der Waals surface area (Å²) in [5.74, 6) is 3.99. The van der Waals surface area contributed by atoms with E-state index in [0.29, 0.717) is 11.8 Å². The predicted octanol–water partition coefficient (Wildman–Crippen LogP) is 3.67. The molecule has 4 rings (SSSR count). The van der Waals surface area contributed by atoms with Gasteiger partial charge >= 0.3 is 0 Å². The molecule has 1 aliphatic rings. The van der Waals surface area contributed by atoms with Crippen molar-refractivity contribution < 1.29 is 4.52 Å². The number of nitrogens with zero attached hydrogens (tertiary/aromatic N) is 6. The number of hydrogen-bond donors (Lipinski definition) is 0. The molecule has 3 aromatic rings. The van der Waals surface area contributed by atoms with Crippen molar-refractivity contribution in [1.82, 2.24) is 24.7 Å². The van der Waals surface area contributed by atoms with Gasteiger partial charge in [0.1, 0.15) is 11.6 Å². The van der Waals surface area contributed by atoms with Gasteiger partial charge in [-0.3, -0.25) is 0 Å². The smallest absolute Gasteiger partial charge is 0.258 e. The van der Waals surface area contributed by atoms with Crippen LogP contribution in [0, 0.1) is 0 Å². The Labute approximate surface area is 159 Å². The Morgan fingerprint density at radius 1 is 1.11 bits per heavy atom. The highest BCUT2D eigenvalue weighted by Gasteiger charge is 2.25. The Morgan fingerprint density at radius 2 is 1.93 bits per heavy atom. The molecule has 27 heavy (non-hydrogen) atoms. The van der Waals surface area contributed by atoms with Gasteiger partial charge in [0, 0.05) is 49.3 Å². The van der Waals surface area contributed by atoms with E-state index in [1.165, 1.54) is 5.69 Å². The van der Waals surface area contributed by atoms with Gasteiger partial charge in [0.05, 0.1) is 12.2 Å². The molecule has 0 N–H and O–H groups in total. The summed E-state index contributed by atoms with van der Waals surface area (Å²) in [6, 6.07) is 3.93.